The molecule has 1 saturated carbocycles. The van der Waals surface area contributed by atoms with E-state index < -0.39 is 35.3 Å². The quantitative estimate of drug-likeness (QED) is 0.211. The summed E-state index contributed by atoms with van der Waals surface area (Å²) in [5, 5.41) is 43.0. The van der Waals surface area contributed by atoms with Gasteiger partial charge in [-0.3, -0.25) is 19.4 Å². The minimum Gasteiger partial charge on any atom is -0.481 e. The number of halogens is 1. The lowest BCUT2D eigenvalue weighted by Crippen LogP contribution is -2.46. The van der Waals surface area contributed by atoms with Gasteiger partial charge in [-0.1, -0.05) is 22.0 Å². The number of nitriles is 1. The number of hydrogen-bond acceptors (Lipinski definition) is 9. The lowest BCUT2D eigenvalue weighted by molar-refractivity contribution is -0.138. The number of allylic oxidation sites excluding steroid dienone is 1. The zero-order chi connectivity index (χ0) is 28.0. The SMILES string of the molecule is N#CC1(c2cc(Br)cc([C@H](CC(=O)O)NC(=O)CNC(=O)C3=CC(NC4=NCC(O)CN4)=CNC3)c2)CCC1. The third-order valence-electron chi connectivity index (χ3n) is 6.82. The van der Waals surface area contributed by atoms with Gasteiger partial charge in [0, 0.05) is 29.3 Å². The van der Waals surface area contributed by atoms with Gasteiger partial charge in [-0.25, -0.2) is 0 Å². The summed E-state index contributed by atoms with van der Waals surface area (Å²) in [5.41, 5.74) is 1.71. The van der Waals surface area contributed by atoms with Gasteiger partial charge in [0.05, 0.1) is 48.8 Å². The lowest BCUT2D eigenvalue weighted by Gasteiger charge is -2.36. The Hall–Kier alpha value is -3.89. The van der Waals surface area contributed by atoms with Crippen LogP contribution < -0.4 is 26.6 Å². The van der Waals surface area contributed by atoms with Gasteiger partial charge < -0.3 is 36.8 Å². The summed E-state index contributed by atoms with van der Waals surface area (Å²) in [6.45, 7) is 0.530. The number of nitrogens with zero attached hydrogens (tertiary/aromatic N) is 2. The van der Waals surface area contributed by atoms with Crippen molar-refractivity contribution in [1.29, 1.82) is 5.26 Å². The van der Waals surface area contributed by atoms with Crippen LogP contribution in [0.3, 0.4) is 0 Å². The second-order valence-electron chi connectivity index (χ2n) is 9.72. The summed E-state index contributed by atoms with van der Waals surface area (Å²) in [5.74, 6) is -1.63. The third-order valence-corrected chi connectivity index (χ3v) is 7.28. The number of nitrogens with one attached hydrogen (secondary N) is 5. The van der Waals surface area contributed by atoms with Crippen LogP contribution in [-0.4, -0.2) is 66.2 Å². The highest BCUT2D eigenvalue weighted by Crippen LogP contribution is 2.44. The number of carbonyl (C=O) groups excluding carboxylic acids is 2. The van der Waals surface area contributed by atoms with E-state index in [1.165, 1.54) is 0 Å². The van der Waals surface area contributed by atoms with Crippen LogP contribution in [0.2, 0.25) is 0 Å². The normalized spacial score (nSPS) is 20.2. The molecule has 1 fully saturated rings. The Kier molecular flexibility index (Phi) is 8.88. The number of carboxylic acids is 1. The van der Waals surface area contributed by atoms with Gasteiger partial charge in [0.1, 0.15) is 0 Å². The Morgan fingerprint density at radius 3 is 2.72 bits per heavy atom. The molecule has 2 heterocycles. The smallest absolute Gasteiger partial charge is 0.305 e. The zero-order valence-corrected chi connectivity index (χ0v) is 22.7. The van der Waals surface area contributed by atoms with E-state index in [-0.39, 0.29) is 26.1 Å². The van der Waals surface area contributed by atoms with Crippen LogP contribution in [0.15, 0.2) is 51.2 Å². The van der Waals surface area contributed by atoms with Crippen LogP contribution in [0.1, 0.15) is 42.9 Å². The number of dihydropyridines is 1. The minimum atomic E-state index is -1.10. The van der Waals surface area contributed by atoms with Gasteiger partial charge in [0.15, 0.2) is 5.96 Å². The first-order valence-electron chi connectivity index (χ1n) is 12.6. The van der Waals surface area contributed by atoms with E-state index in [2.05, 4.69) is 53.6 Å². The van der Waals surface area contributed by atoms with Crippen molar-refractivity contribution in [3.8, 4) is 6.07 Å². The van der Waals surface area contributed by atoms with Crippen molar-refractivity contribution in [2.24, 2.45) is 4.99 Å². The lowest BCUT2D eigenvalue weighted by atomic mass is 9.65. The molecule has 39 heavy (non-hydrogen) atoms. The van der Waals surface area contributed by atoms with Gasteiger partial charge in [-0.2, -0.15) is 5.26 Å². The highest BCUT2D eigenvalue weighted by molar-refractivity contribution is 9.10. The zero-order valence-electron chi connectivity index (χ0n) is 21.1. The standard InChI is InChI=1S/C26H30BrN7O5/c27-18-5-15(4-17(7-18)26(14-28)2-1-3-26)21(8-23(37)38)34-22(36)13-30-24(39)16-6-19(10-29-9-16)33-25-31-11-20(35)12-32-25/h4-7,10,20-21,29,35H,1-3,8-9,11-13H2,(H,30,39)(H,34,36)(H,37,38)(H2,31,32,33)/t21-/m0/s1. The average Bonchev–Trinajstić information content (AvgIpc) is 2.87. The molecule has 2 atom stereocenters. The van der Waals surface area contributed by atoms with E-state index in [9.17, 15) is 29.9 Å². The number of aliphatic imine (C=N–C) groups is 1. The summed E-state index contributed by atoms with van der Waals surface area (Å²) in [7, 11) is 0. The summed E-state index contributed by atoms with van der Waals surface area (Å²) in [4.78, 5) is 41.2. The van der Waals surface area contributed by atoms with Gasteiger partial charge in [0.25, 0.3) is 0 Å². The largest absolute Gasteiger partial charge is 0.481 e. The van der Waals surface area contributed by atoms with Crippen LogP contribution in [-0.2, 0) is 19.8 Å². The van der Waals surface area contributed by atoms with E-state index in [0.29, 0.717) is 33.8 Å². The number of hydrogen-bond donors (Lipinski definition) is 7. The first kappa shape index (κ1) is 28.1. The molecule has 2 aliphatic heterocycles. The third kappa shape index (κ3) is 7.15. The second-order valence-corrected chi connectivity index (χ2v) is 10.6. The molecule has 2 amide bonds. The van der Waals surface area contributed by atoms with Crippen LogP contribution in [0, 0.1) is 11.3 Å². The summed E-state index contributed by atoms with van der Waals surface area (Å²) in [6, 6.07) is 6.90. The van der Waals surface area contributed by atoms with Crippen LogP contribution >= 0.6 is 15.9 Å². The van der Waals surface area contributed by atoms with Crippen molar-refractivity contribution in [2.45, 2.75) is 43.2 Å². The van der Waals surface area contributed by atoms with Gasteiger partial charge in [-0.05, 0) is 48.6 Å². The molecule has 206 valence electrons. The number of guanidine groups is 1. The molecule has 0 radical (unpaired) electrons. The number of aliphatic hydroxyl groups excluding tert-OH is 1. The van der Waals surface area contributed by atoms with Crippen molar-refractivity contribution in [1.82, 2.24) is 26.6 Å². The van der Waals surface area contributed by atoms with Gasteiger partial charge >= 0.3 is 5.97 Å². The van der Waals surface area contributed by atoms with Crippen molar-refractivity contribution in [2.75, 3.05) is 26.2 Å². The number of aliphatic carboxylic acids is 1. The summed E-state index contributed by atoms with van der Waals surface area (Å²) >= 11 is 3.45. The molecule has 7 N–H and O–H groups in total. The molecule has 12 nitrogen and oxygen atoms in total. The highest BCUT2D eigenvalue weighted by Gasteiger charge is 2.39. The average molecular weight is 600 g/mol. The number of aliphatic hydroxyl groups is 1. The summed E-state index contributed by atoms with van der Waals surface area (Å²) < 4.78 is 0.689. The predicted molar refractivity (Wildman–Crippen MR) is 145 cm³/mol. The van der Waals surface area contributed by atoms with E-state index in [1.54, 1.807) is 24.4 Å². The van der Waals surface area contributed by atoms with E-state index in [1.807, 2.05) is 6.07 Å². The molecule has 3 aliphatic rings. The number of rotatable bonds is 9. The van der Waals surface area contributed by atoms with Crippen LogP contribution in [0.25, 0.3) is 0 Å². The molecule has 1 unspecified atom stereocenters. The molecular formula is C26H30BrN7O5. The van der Waals surface area contributed by atoms with E-state index in [4.69, 9.17) is 0 Å². The number of carbonyl (C=O) groups is 3. The Balaban J connectivity index is 1.38. The monoisotopic (exact) mass is 599 g/mol. The number of amides is 2. The molecule has 1 aromatic rings. The predicted octanol–water partition coefficient (Wildman–Crippen LogP) is 0.423. The van der Waals surface area contributed by atoms with Gasteiger partial charge in [-0.15, -0.1) is 0 Å². The van der Waals surface area contributed by atoms with Crippen LogP contribution in [0.5, 0.6) is 0 Å². The van der Waals surface area contributed by atoms with Crippen molar-refractivity contribution in [3.05, 3.63) is 57.3 Å². The van der Waals surface area contributed by atoms with Crippen molar-refractivity contribution < 1.29 is 24.6 Å². The van der Waals surface area contributed by atoms with Crippen LogP contribution in [0.4, 0.5) is 0 Å². The molecule has 0 aromatic heterocycles. The first-order valence-corrected chi connectivity index (χ1v) is 13.4. The number of β-amino-alcohol motifs (C(OH)–C–C–N with tert-alkyl or cyclic N) is 1. The number of carboxylic acid groups (broad SMARTS) is 1. The Labute approximate surface area is 233 Å². The van der Waals surface area contributed by atoms with E-state index >= 15 is 0 Å². The highest BCUT2D eigenvalue weighted by atomic mass is 79.9. The fraction of sp³-hybridized carbons (Fsp3) is 0.423. The van der Waals surface area contributed by atoms with E-state index in [0.717, 1.165) is 24.8 Å². The van der Waals surface area contributed by atoms with Crippen molar-refractivity contribution >= 4 is 39.7 Å². The summed E-state index contributed by atoms with van der Waals surface area (Å²) in [6.07, 6.45) is 4.80. The molecule has 0 saturated heterocycles. The Morgan fingerprint density at radius 2 is 2.08 bits per heavy atom. The fourth-order valence-corrected chi connectivity index (χ4v) is 5.06. The Morgan fingerprint density at radius 1 is 1.28 bits per heavy atom. The maximum atomic E-state index is 12.8. The van der Waals surface area contributed by atoms with Gasteiger partial charge in [0.2, 0.25) is 11.8 Å². The maximum Gasteiger partial charge on any atom is 0.305 e. The maximum absolute atomic E-state index is 12.8. The number of benzene rings is 1. The molecule has 0 spiro atoms. The minimum absolute atomic E-state index is 0.250. The molecule has 13 heteroatoms. The molecule has 0 bridgehead atoms. The first-order chi connectivity index (χ1) is 18.7. The second kappa shape index (κ2) is 12.3. The topological polar surface area (TPSA) is 188 Å². The molecular weight excluding hydrogens is 570 g/mol. The molecule has 1 aliphatic carbocycles. The Bertz CT molecular complexity index is 1280. The fourth-order valence-electron chi connectivity index (χ4n) is 4.55. The van der Waals surface area contributed by atoms with Crippen molar-refractivity contribution in [3.63, 3.8) is 0 Å². The molecule has 4 rings (SSSR count). The molecule has 1 aromatic carbocycles.